The van der Waals surface area contributed by atoms with Crippen LogP contribution in [0, 0.1) is 5.92 Å². The van der Waals surface area contributed by atoms with Crippen LogP contribution in [0.15, 0.2) is 6.20 Å². The fourth-order valence-electron chi connectivity index (χ4n) is 2.69. The van der Waals surface area contributed by atoms with E-state index in [2.05, 4.69) is 16.5 Å². The average Bonchev–Trinajstić information content (AvgIpc) is 2.86. The Kier molecular flexibility index (Phi) is 4.10. The van der Waals surface area contributed by atoms with E-state index in [4.69, 9.17) is 0 Å². The third kappa shape index (κ3) is 2.65. The maximum absolute atomic E-state index is 12.3. The summed E-state index contributed by atoms with van der Waals surface area (Å²) in [5.74, 6) is 0.704. The molecule has 1 amide bonds. The molecule has 5 heteroatoms. The van der Waals surface area contributed by atoms with E-state index in [-0.39, 0.29) is 5.91 Å². The number of hydrogen-bond acceptors (Lipinski definition) is 4. The van der Waals surface area contributed by atoms with Crippen LogP contribution in [0.2, 0.25) is 0 Å². The number of carbonyl (C=O) groups excluding carboxylic acids is 1. The van der Waals surface area contributed by atoms with Gasteiger partial charge in [-0.25, -0.2) is 0 Å². The van der Waals surface area contributed by atoms with Crippen LogP contribution in [0.4, 0.5) is 0 Å². The molecule has 94 valence electrons. The summed E-state index contributed by atoms with van der Waals surface area (Å²) in [6, 6.07) is 0.392. The Morgan fingerprint density at radius 1 is 1.53 bits per heavy atom. The quantitative estimate of drug-likeness (QED) is 0.831. The van der Waals surface area contributed by atoms with E-state index in [0.717, 1.165) is 13.0 Å². The summed E-state index contributed by atoms with van der Waals surface area (Å²) in [6.07, 6.45) is 6.47. The SMILES string of the molecule is CCN(C(=O)c1cnns1)[C@H]1CCCC[C@H]1C. The van der Waals surface area contributed by atoms with Crippen LogP contribution < -0.4 is 0 Å². The summed E-state index contributed by atoms with van der Waals surface area (Å²) in [4.78, 5) is 15.0. The van der Waals surface area contributed by atoms with Crippen molar-refractivity contribution in [1.29, 1.82) is 0 Å². The van der Waals surface area contributed by atoms with Gasteiger partial charge in [-0.2, -0.15) is 0 Å². The molecule has 0 aliphatic heterocycles. The summed E-state index contributed by atoms with van der Waals surface area (Å²) in [6.45, 7) is 5.07. The van der Waals surface area contributed by atoms with Gasteiger partial charge in [0.05, 0.1) is 6.20 Å². The molecular formula is C12H19N3OS. The first-order valence-corrected chi connectivity index (χ1v) is 7.09. The van der Waals surface area contributed by atoms with Crippen LogP contribution in [0.5, 0.6) is 0 Å². The zero-order valence-electron chi connectivity index (χ0n) is 10.4. The second-order valence-electron chi connectivity index (χ2n) is 4.70. The molecule has 0 N–H and O–H groups in total. The molecule has 0 spiro atoms. The number of hydrogen-bond donors (Lipinski definition) is 0. The van der Waals surface area contributed by atoms with Crippen molar-refractivity contribution in [3.63, 3.8) is 0 Å². The molecule has 0 saturated heterocycles. The standard InChI is InChI=1S/C12H19N3OS/c1-3-15(10-7-5-4-6-9(10)2)12(16)11-8-13-14-17-11/h8-10H,3-7H2,1-2H3/t9-,10+/m1/s1. The Morgan fingerprint density at radius 2 is 2.29 bits per heavy atom. The van der Waals surface area contributed by atoms with Crippen LogP contribution in [0.1, 0.15) is 49.2 Å². The lowest BCUT2D eigenvalue weighted by molar-refractivity contribution is 0.0574. The highest BCUT2D eigenvalue weighted by atomic mass is 32.1. The van der Waals surface area contributed by atoms with Crippen molar-refractivity contribution in [2.24, 2.45) is 5.92 Å². The molecule has 1 heterocycles. The van der Waals surface area contributed by atoms with Crippen molar-refractivity contribution < 1.29 is 4.79 Å². The molecule has 1 aliphatic carbocycles. The van der Waals surface area contributed by atoms with Gasteiger partial charge in [-0.1, -0.05) is 24.3 Å². The fraction of sp³-hybridized carbons (Fsp3) is 0.750. The monoisotopic (exact) mass is 253 g/mol. The first kappa shape index (κ1) is 12.5. The lowest BCUT2D eigenvalue weighted by Gasteiger charge is -2.37. The smallest absolute Gasteiger partial charge is 0.267 e. The molecule has 2 atom stereocenters. The van der Waals surface area contributed by atoms with Crippen LogP contribution in [-0.4, -0.2) is 33.0 Å². The predicted molar refractivity (Wildman–Crippen MR) is 68.0 cm³/mol. The molecule has 17 heavy (non-hydrogen) atoms. The summed E-state index contributed by atoms with van der Waals surface area (Å²) in [5, 5.41) is 3.75. The fourth-order valence-corrected chi connectivity index (χ4v) is 3.16. The van der Waals surface area contributed by atoms with Gasteiger partial charge in [0.25, 0.3) is 5.91 Å². The van der Waals surface area contributed by atoms with E-state index in [0.29, 0.717) is 16.8 Å². The summed E-state index contributed by atoms with van der Waals surface area (Å²) >= 11 is 1.19. The molecule has 4 nitrogen and oxygen atoms in total. The van der Waals surface area contributed by atoms with Gasteiger partial charge in [-0.05, 0) is 37.2 Å². The Bertz CT molecular complexity index is 366. The molecule has 1 fully saturated rings. The largest absolute Gasteiger partial charge is 0.335 e. The van der Waals surface area contributed by atoms with Crippen molar-refractivity contribution in [3.05, 3.63) is 11.1 Å². The van der Waals surface area contributed by atoms with Crippen LogP contribution in [0.25, 0.3) is 0 Å². The minimum atomic E-state index is 0.0984. The Balaban J connectivity index is 2.12. The summed E-state index contributed by atoms with van der Waals surface area (Å²) < 4.78 is 3.77. The molecular weight excluding hydrogens is 234 g/mol. The van der Waals surface area contributed by atoms with Crippen molar-refractivity contribution >= 4 is 17.4 Å². The third-order valence-electron chi connectivity index (χ3n) is 3.64. The Labute approximate surface area is 106 Å². The average molecular weight is 253 g/mol. The maximum atomic E-state index is 12.3. The molecule has 0 aromatic carbocycles. The zero-order valence-corrected chi connectivity index (χ0v) is 11.2. The summed E-state index contributed by atoms with van der Waals surface area (Å²) in [5.41, 5.74) is 0. The Morgan fingerprint density at radius 3 is 2.88 bits per heavy atom. The normalized spacial score (nSPS) is 24.6. The predicted octanol–water partition coefficient (Wildman–Crippen LogP) is 2.58. The van der Waals surface area contributed by atoms with Gasteiger partial charge >= 0.3 is 0 Å². The minimum Gasteiger partial charge on any atom is -0.335 e. The van der Waals surface area contributed by atoms with Gasteiger partial charge in [0.15, 0.2) is 0 Å². The van der Waals surface area contributed by atoms with Crippen molar-refractivity contribution in [3.8, 4) is 0 Å². The Hall–Kier alpha value is -0.970. The van der Waals surface area contributed by atoms with E-state index in [1.165, 1.54) is 30.8 Å². The van der Waals surface area contributed by atoms with Gasteiger partial charge in [0.1, 0.15) is 4.88 Å². The van der Waals surface area contributed by atoms with Gasteiger partial charge in [-0.15, -0.1) is 5.10 Å². The number of amides is 1. The van der Waals surface area contributed by atoms with E-state index in [1.807, 2.05) is 11.8 Å². The van der Waals surface area contributed by atoms with Crippen molar-refractivity contribution in [1.82, 2.24) is 14.5 Å². The third-order valence-corrected chi connectivity index (χ3v) is 4.29. The number of carbonyl (C=O) groups is 1. The molecule has 0 unspecified atom stereocenters. The van der Waals surface area contributed by atoms with Crippen LogP contribution >= 0.6 is 11.5 Å². The highest BCUT2D eigenvalue weighted by Gasteiger charge is 2.30. The highest BCUT2D eigenvalue weighted by Crippen LogP contribution is 2.29. The van der Waals surface area contributed by atoms with Crippen LogP contribution in [0.3, 0.4) is 0 Å². The van der Waals surface area contributed by atoms with E-state index >= 15 is 0 Å². The van der Waals surface area contributed by atoms with E-state index in [1.54, 1.807) is 6.20 Å². The second-order valence-corrected chi connectivity index (χ2v) is 5.49. The highest BCUT2D eigenvalue weighted by molar-refractivity contribution is 7.07. The number of rotatable bonds is 3. The lowest BCUT2D eigenvalue weighted by atomic mass is 9.85. The molecule has 1 saturated carbocycles. The molecule has 2 rings (SSSR count). The van der Waals surface area contributed by atoms with Crippen molar-refractivity contribution in [2.45, 2.75) is 45.6 Å². The van der Waals surface area contributed by atoms with Crippen LogP contribution in [-0.2, 0) is 0 Å². The zero-order chi connectivity index (χ0) is 12.3. The summed E-state index contributed by atoms with van der Waals surface area (Å²) in [7, 11) is 0. The molecule has 1 aromatic heterocycles. The van der Waals surface area contributed by atoms with Gasteiger partial charge in [0.2, 0.25) is 0 Å². The van der Waals surface area contributed by atoms with E-state index in [9.17, 15) is 4.79 Å². The molecule has 0 radical (unpaired) electrons. The molecule has 0 bridgehead atoms. The first-order chi connectivity index (χ1) is 8.24. The van der Waals surface area contributed by atoms with Gasteiger partial charge in [0, 0.05) is 12.6 Å². The number of nitrogens with zero attached hydrogens (tertiary/aromatic N) is 3. The maximum Gasteiger partial charge on any atom is 0.267 e. The van der Waals surface area contributed by atoms with Crippen molar-refractivity contribution in [2.75, 3.05) is 6.54 Å². The van der Waals surface area contributed by atoms with Gasteiger partial charge in [-0.3, -0.25) is 4.79 Å². The minimum absolute atomic E-state index is 0.0984. The van der Waals surface area contributed by atoms with Gasteiger partial charge < -0.3 is 4.90 Å². The second kappa shape index (κ2) is 5.58. The first-order valence-electron chi connectivity index (χ1n) is 6.32. The van der Waals surface area contributed by atoms with E-state index < -0.39 is 0 Å². The molecule has 1 aliphatic rings. The topological polar surface area (TPSA) is 46.1 Å². The lowest BCUT2D eigenvalue weighted by Crippen LogP contribution is -2.44. The molecule has 1 aromatic rings. The number of aromatic nitrogens is 2.